The molecule has 0 aliphatic carbocycles. The Bertz CT molecular complexity index is 874. The van der Waals surface area contributed by atoms with Gasteiger partial charge in [-0.1, -0.05) is 30.0 Å². The number of carbonyl (C=O) groups is 1. The van der Waals surface area contributed by atoms with Crippen LogP contribution in [0.5, 0.6) is 0 Å². The Labute approximate surface area is 149 Å². The number of hydrogen-bond donors (Lipinski definition) is 1. The number of benzene rings is 1. The zero-order chi connectivity index (χ0) is 17.8. The zero-order valence-electron chi connectivity index (χ0n) is 14.4. The lowest BCUT2D eigenvalue weighted by Crippen LogP contribution is -2.16. The third-order valence-electron chi connectivity index (χ3n) is 3.88. The van der Waals surface area contributed by atoms with Gasteiger partial charge in [0.2, 0.25) is 0 Å². The monoisotopic (exact) mass is 360 g/mol. The van der Waals surface area contributed by atoms with Crippen LogP contribution < -0.4 is 0 Å². The largest absolute Gasteiger partial charge is 0.468 e. The van der Waals surface area contributed by atoms with Gasteiger partial charge in [0.25, 0.3) is 0 Å². The molecule has 0 amide bonds. The molecule has 0 radical (unpaired) electrons. The van der Waals surface area contributed by atoms with Crippen LogP contribution in [0.15, 0.2) is 35.6 Å². The van der Waals surface area contributed by atoms with Crippen molar-refractivity contribution < 1.29 is 14.3 Å². The van der Waals surface area contributed by atoms with Gasteiger partial charge in [-0.05, 0) is 13.0 Å². The summed E-state index contributed by atoms with van der Waals surface area (Å²) in [5.41, 5.74) is 2.01. The first kappa shape index (κ1) is 17.5. The first-order valence-corrected chi connectivity index (χ1v) is 8.76. The highest BCUT2D eigenvalue weighted by atomic mass is 32.2. The Morgan fingerprint density at radius 3 is 2.88 bits per heavy atom. The van der Waals surface area contributed by atoms with E-state index in [0.29, 0.717) is 18.3 Å². The fraction of sp³-hybridized carbons (Fsp3) is 0.353. The van der Waals surface area contributed by atoms with Gasteiger partial charge >= 0.3 is 5.97 Å². The average molecular weight is 360 g/mol. The molecular formula is C17H20N4O3S. The number of esters is 1. The van der Waals surface area contributed by atoms with Crippen LogP contribution in [-0.2, 0) is 20.8 Å². The normalized spacial score (nSPS) is 12.4. The second-order valence-electron chi connectivity index (χ2n) is 5.48. The van der Waals surface area contributed by atoms with Crippen LogP contribution in [0.4, 0.5) is 0 Å². The predicted octanol–water partition coefficient (Wildman–Crippen LogP) is 2.73. The van der Waals surface area contributed by atoms with Crippen molar-refractivity contribution in [3.8, 4) is 11.4 Å². The number of rotatable bonds is 7. The van der Waals surface area contributed by atoms with Crippen LogP contribution in [0, 0.1) is 0 Å². The van der Waals surface area contributed by atoms with E-state index in [-0.39, 0.29) is 11.2 Å². The van der Waals surface area contributed by atoms with Crippen molar-refractivity contribution in [2.24, 2.45) is 0 Å². The maximum atomic E-state index is 11.7. The molecule has 0 fully saturated rings. The van der Waals surface area contributed by atoms with Gasteiger partial charge in [0.1, 0.15) is 5.25 Å². The third kappa shape index (κ3) is 3.54. The highest BCUT2D eigenvalue weighted by Gasteiger charge is 2.22. The molecule has 0 saturated carbocycles. The minimum Gasteiger partial charge on any atom is -0.468 e. The number of thioether (sulfide) groups is 1. The zero-order valence-corrected chi connectivity index (χ0v) is 15.2. The van der Waals surface area contributed by atoms with E-state index >= 15 is 0 Å². The van der Waals surface area contributed by atoms with Crippen molar-refractivity contribution in [1.82, 2.24) is 19.7 Å². The van der Waals surface area contributed by atoms with Crippen molar-refractivity contribution in [3.05, 3.63) is 30.5 Å². The van der Waals surface area contributed by atoms with Crippen molar-refractivity contribution in [1.29, 1.82) is 0 Å². The van der Waals surface area contributed by atoms with Crippen LogP contribution >= 0.6 is 11.8 Å². The molecule has 8 heteroatoms. The van der Waals surface area contributed by atoms with Gasteiger partial charge in [-0.15, -0.1) is 10.2 Å². The minimum absolute atomic E-state index is 0.292. The number of carbonyl (C=O) groups excluding carboxylic acids is 1. The molecule has 0 unspecified atom stereocenters. The van der Waals surface area contributed by atoms with Crippen LogP contribution in [-0.4, -0.2) is 51.8 Å². The summed E-state index contributed by atoms with van der Waals surface area (Å²) in [4.78, 5) is 15.0. The highest BCUT2D eigenvalue weighted by molar-refractivity contribution is 8.00. The molecule has 1 N–H and O–H groups in total. The number of hydrogen-bond acceptors (Lipinski definition) is 6. The highest BCUT2D eigenvalue weighted by Crippen LogP contribution is 2.31. The maximum Gasteiger partial charge on any atom is 0.318 e. The summed E-state index contributed by atoms with van der Waals surface area (Å²) >= 11 is 1.33. The summed E-state index contributed by atoms with van der Waals surface area (Å²) in [5, 5.41) is 10.0. The molecule has 7 nitrogen and oxygen atoms in total. The molecule has 3 aromatic rings. The van der Waals surface area contributed by atoms with Gasteiger partial charge in [-0.2, -0.15) is 0 Å². The van der Waals surface area contributed by atoms with E-state index in [4.69, 9.17) is 9.47 Å². The summed E-state index contributed by atoms with van der Waals surface area (Å²) in [6.45, 7) is 2.90. The van der Waals surface area contributed by atoms with Crippen molar-refractivity contribution in [2.45, 2.75) is 23.9 Å². The van der Waals surface area contributed by atoms with Crippen molar-refractivity contribution >= 4 is 28.6 Å². The van der Waals surface area contributed by atoms with E-state index in [1.807, 2.05) is 35.0 Å². The molecule has 25 heavy (non-hydrogen) atoms. The van der Waals surface area contributed by atoms with Gasteiger partial charge < -0.3 is 14.5 Å². The van der Waals surface area contributed by atoms with E-state index in [1.165, 1.54) is 18.9 Å². The van der Waals surface area contributed by atoms with E-state index in [0.717, 1.165) is 22.3 Å². The molecule has 0 aliphatic rings. The van der Waals surface area contributed by atoms with Crippen LogP contribution in [0.2, 0.25) is 0 Å². The summed E-state index contributed by atoms with van der Waals surface area (Å²) in [6.07, 6.45) is 1.93. The molecule has 0 bridgehead atoms. The van der Waals surface area contributed by atoms with E-state index in [1.54, 1.807) is 14.0 Å². The second-order valence-corrected chi connectivity index (χ2v) is 6.79. The van der Waals surface area contributed by atoms with Gasteiger partial charge in [-0.3, -0.25) is 9.36 Å². The molecule has 2 heterocycles. The molecule has 1 aromatic carbocycles. The van der Waals surface area contributed by atoms with Crippen LogP contribution in [0.1, 0.15) is 6.92 Å². The number of methoxy groups -OCH3 is 2. The summed E-state index contributed by atoms with van der Waals surface area (Å²) < 4.78 is 12.0. The predicted molar refractivity (Wildman–Crippen MR) is 96.5 cm³/mol. The average Bonchev–Trinajstić information content (AvgIpc) is 3.22. The molecular weight excluding hydrogens is 340 g/mol. The third-order valence-corrected chi connectivity index (χ3v) is 4.94. The molecule has 132 valence electrons. The van der Waals surface area contributed by atoms with Gasteiger partial charge in [0.15, 0.2) is 11.0 Å². The Hall–Kier alpha value is -2.32. The Kier molecular flexibility index (Phi) is 5.40. The number of aromatic amines is 1. The molecule has 0 saturated heterocycles. The molecule has 3 rings (SSSR count). The quantitative estimate of drug-likeness (QED) is 0.515. The number of nitrogens with one attached hydrogen (secondary N) is 1. The summed E-state index contributed by atoms with van der Waals surface area (Å²) in [7, 11) is 3.03. The standard InChI is InChI=1S/C17H20N4O3S/c1-11(16(22)24-3)25-17-20-19-15(21(17)8-9-23-2)13-10-18-14-7-5-4-6-12(13)14/h4-7,10-11,18H,8-9H2,1-3H3/t11-/m0/s1. The minimum atomic E-state index is -0.369. The van der Waals surface area contributed by atoms with E-state index in [9.17, 15) is 4.79 Å². The van der Waals surface area contributed by atoms with Gasteiger partial charge in [0, 0.05) is 29.8 Å². The number of nitrogens with zero attached hydrogens (tertiary/aromatic N) is 3. The molecule has 0 aliphatic heterocycles. The van der Waals surface area contributed by atoms with Gasteiger partial charge in [0.05, 0.1) is 20.3 Å². The molecule has 2 aromatic heterocycles. The fourth-order valence-corrected chi connectivity index (χ4v) is 3.49. The first-order chi connectivity index (χ1) is 12.2. The SMILES string of the molecule is COCCn1c(S[C@@H](C)C(=O)OC)nnc1-c1c[nH]c2ccccc12. The fourth-order valence-electron chi connectivity index (χ4n) is 2.59. The van der Waals surface area contributed by atoms with Crippen molar-refractivity contribution in [3.63, 3.8) is 0 Å². The lowest BCUT2D eigenvalue weighted by molar-refractivity contribution is -0.139. The lowest BCUT2D eigenvalue weighted by Gasteiger charge is -2.11. The van der Waals surface area contributed by atoms with Crippen molar-refractivity contribution in [2.75, 3.05) is 20.8 Å². The number of ether oxygens (including phenoxy) is 2. The number of fused-ring (bicyclic) bond motifs is 1. The van der Waals surface area contributed by atoms with Crippen LogP contribution in [0.25, 0.3) is 22.3 Å². The van der Waals surface area contributed by atoms with E-state index in [2.05, 4.69) is 15.2 Å². The first-order valence-electron chi connectivity index (χ1n) is 7.88. The summed E-state index contributed by atoms with van der Waals surface area (Å²) in [5.74, 6) is 0.453. The Morgan fingerprint density at radius 2 is 2.12 bits per heavy atom. The summed E-state index contributed by atoms with van der Waals surface area (Å²) in [6, 6.07) is 8.03. The van der Waals surface area contributed by atoms with E-state index < -0.39 is 0 Å². The second kappa shape index (κ2) is 7.71. The maximum absolute atomic E-state index is 11.7. The number of H-pyrrole nitrogens is 1. The Balaban J connectivity index is 2.00. The number of aromatic nitrogens is 4. The number of para-hydroxylation sites is 1. The van der Waals surface area contributed by atoms with Gasteiger partial charge in [-0.25, -0.2) is 0 Å². The molecule has 0 spiro atoms. The molecule has 1 atom stereocenters. The Morgan fingerprint density at radius 1 is 1.32 bits per heavy atom. The lowest BCUT2D eigenvalue weighted by atomic mass is 10.1. The topological polar surface area (TPSA) is 82.0 Å². The van der Waals surface area contributed by atoms with Crippen LogP contribution in [0.3, 0.4) is 0 Å². The smallest absolute Gasteiger partial charge is 0.318 e.